The molecule has 3 amide bonds. The number of benzene rings is 4. The van der Waals surface area contributed by atoms with Gasteiger partial charge < -0.3 is 46.1 Å². The summed E-state index contributed by atoms with van der Waals surface area (Å²) in [7, 11) is -5.66. The van der Waals surface area contributed by atoms with Crippen molar-refractivity contribution in [2.24, 2.45) is 0 Å². The highest BCUT2D eigenvalue weighted by molar-refractivity contribution is 6.61. The number of rotatable bonds is 9. The monoisotopic (exact) mass is 567 g/mol. The predicted octanol–water partition coefficient (Wildman–Crippen LogP) is -1.52. The molecule has 0 aliphatic rings. The molecule has 0 aromatic heterocycles. The van der Waals surface area contributed by atoms with Gasteiger partial charge in [0, 0.05) is 50.1 Å². The second kappa shape index (κ2) is 13.3. The van der Waals surface area contributed by atoms with Crippen molar-refractivity contribution in [3.8, 4) is 0 Å². The largest absolute Gasteiger partial charge is 0.490 e. The number of hydrogen-bond donors (Lipinski definition) is 9. The van der Waals surface area contributed by atoms with Gasteiger partial charge in [0.05, 0.1) is 0 Å². The molecule has 0 unspecified atom stereocenters. The summed E-state index contributed by atoms with van der Waals surface area (Å²) in [5, 5.41) is 65.5. The molecule has 4 aromatic carbocycles. The molecular weight excluding hydrogens is 543 g/mol. The molecule has 0 atom stereocenters. The summed E-state index contributed by atoms with van der Waals surface area (Å²) in [6, 6.07) is 21.4. The summed E-state index contributed by atoms with van der Waals surface area (Å²) < 4.78 is 0. The molecular formula is C27H24B3N3O9. The first-order valence-electron chi connectivity index (χ1n) is 12.5. The lowest BCUT2D eigenvalue weighted by Crippen LogP contribution is -2.34. The van der Waals surface area contributed by atoms with Crippen LogP contribution in [-0.4, -0.2) is 69.2 Å². The fourth-order valence-electron chi connectivity index (χ4n) is 4.11. The third-order valence-electron chi connectivity index (χ3n) is 6.18. The average Bonchev–Trinajstić information content (AvgIpc) is 2.97. The maximum atomic E-state index is 13.3. The summed E-state index contributed by atoms with van der Waals surface area (Å²) in [4.78, 5) is 39.8. The topological polar surface area (TPSA) is 209 Å². The molecule has 0 fully saturated rings. The number of hydrogen-bond acceptors (Lipinski definition) is 9. The van der Waals surface area contributed by atoms with Crippen LogP contribution in [0.1, 0.15) is 31.1 Å². The Bertz CT molecular complexity index is 1430. The Balaban J connectivity index is 1.73. The fourth-order valence-corrected chi connectivity index (χ4v) is 4.11. The van der Waals surface area contributed by atoms with Crippen molar-refractivity contribution in [3.05, 3.63) is 108 Å². The van der Waals surface area contributed by atoms with Crippen molar-refractivity contribution >= 4 is 72.5 Å². The Morgan fingerprint density at radius 1 is 0.429 bits per heavy atom. The zero-order chi connectivity index (χ0) is 30.4. The zero-order valence-electron chi connectivity index (χ0n) is 21.8. The number of nitrogens with one attached hydrogen (secondary N) is 3. The van der Waals surface area contributed by atoms with Crippen LogP contribution in [0.15, 0.2) is 91.0 Å². The van der Waals surface area contributed by atoms with Crippen molar-refractivity contribution in [1.82, 2.24) is 0 Å². The molecule has 0 bridgehead atoms. The van der Waals surface area contributed by atoms with Gasteiger partial charge in [-0.2, -0.15) is 0 Å². The smallest absolute Gasteiger partial charge is 0.423 e. The molecule has 15 heteroatoms. The van der Waals surface area contributed by atoms with Gasteiger partial charge in [0.1, 0.15) is 0 Å². The molecule has 12 nitrogen and oxygen atoms in total. The zero-order valence-corrected chi connectivity index (χ0v) is 21.8. The van der Waals surface area contributed by atoms with Crippen LogP contribution in [0.25, 0.3) is 0 Å². The van der Waals surface area contributed by atoms with E-state index in [-0.39, 0.29) is 50.1 Å². The van der Waals surface area contributed by atoms with Crippen molar-refractivity contribution < 1.29 is 44.5 Å². The Hall–Kier alpha value is -4.76. The van der Waals surface area contributed by atoms with Crippen LogP contribution in [-0.2, 0) is 0 Å². The van der Waals surface area contributed by atoms with Crippen molar-refractivity contribution in [3.63, 3.8) is 0 Å². The molecule has 0 aliphatic heterocycles. The van der Waals surface area contributed by atoms with Crippen LogP contribution in [0.3, 0.4) is 0 Å². The van der Waals surface area contributed by atoms with Gasteiger partial charge in [-0.1, -0.05) is 54.6 Å². The molecule has 4 rings (SSSR count). The third kappa shape index (κ3) is 7.11. The maximum Gasteiger partial charge on any atom is 0.490 e. The number of carbonyl (C=O) groups excluding carboxylic acids is 3. The van der Waals surface area contributed by atoms with Crippen LogP contribution in [0.5, 0.6) is 0 Å². The van der Waals surface area contributed by atoms with E-state index in [2.05, 4.69) is 16.0 Å². The summed E-state index contributed by atoms with van der Waals surface area (Å²) in [5.74, 6) is -2.36. The Morgan fingerprint density at radius 3 is 0.905 bits per heavy atom. The van der Waals surface area contributed by atoms with Gasteiger partial charge in [0.25, 0.3) is 17.7 Å². The normalized spacial score (nSPS) is 10.4. The first kappa shape index (κ1) is 30.2. The SMILES string of the molecule is O=C(Nc1ccccc1B(O)O)c1cc(C(=O)Nc2ccccc2B(O)O)cc(C(=O)Nc2ccccc2B(O)O)c1. The summed E-state index contributed by atoms with van der Waals surface area (Å²) >= 11 is 0. The van der Waals surface area contributed by atoms with Gasteiger partial charge >= 0.3 is 21.4 Å². The number of anilines is 3. The van der Waals surface area contributed by atoms with E-state index in [0.717, 1.165) is 0 Å². The maximum absolute atomic E-state index is 13.3. The average molecular weight is 567 g/mol. The van der Waals surface area contributed by atoms with Gasteiger partial charge in [0.15, 0.2) is 0 Å². The molecule has 210 valence electrons. The van der Waals surface area contributed by atoms with E-state index in [4.69, 9.17) is 0 Å². The van der Waals surface area contributed by atoms with Gasteiger partial charge in [-0.05, 0) is 36.4 Å². The second-order valence-corrected chi connectivity index (χ2v) is 9.04. The second-order valence-electron chi connectivity index (χ2n) is 9.04. The lowest BCUT2D eigenvalue weighted by atomic mass is 9.79. The van der Waals surface area contributed by atoms with Crippen molar-refractivity contribution in [2.45, 2.75) is 0 Å². The Morgan fingerprint density at radius 2 is 0.667 bits per heavy atom. The quantitative estimate of drug-likeness (QED) is 0.108. The summed E-state index contributed by atoms with van der Waals surface area (Å²) in [6.45, 7) is 0. The number of carbonyl (C=O) groups is 3. The molecule has 9 N–H and O–H groups in total. The van der Waals surface area contributed by atoms with E-state index < -0.39 is 39.1 Å². The van der Waals surface area contributed by atoms with Crippen LogP contribution >= 0.6 is 0 Å². The van der Waals surface area contributed by atoms with Crippen LogP contribution < -0.4 is 32.3 Å². The van der Waals surface area contributed by atoms with Gasteiger partial charge in [-0.15, -0.1) is 0 Å². The highest BCUT2D eigenvalue weighted by Gasteiger charge is 2.23. The number of amides is 3. The lowest BCUT2D eigenvalue weighted by molar-refractivity contribution is 0.102. The van der Waals surface area contributed by atoms with Gasteiger partial charge in [-0.3, -0.25) is 14.4 Å². The molecule has 0 heterocycles. The van der Waals surface area contributed by atoms with E-state index in [1.807, 2.05) is 0 Å². The molecule has 0 aliphatic carbocycles. The molecule has 4 aromatic rings. The van der Waals surface area contributed by atoms with Gasteiger partial charge in [0.2, 0.25) is 0 Å². The van der Waals surface area contributed by atoms with Crippen molar-refractivity contribution in [1.29, 1.82) is 0 Å². The minimum absolute atomic E-state index is 0.0102. The Labute approximate surface area is 240 Å². The van der Waals surface area contributed by atoms with E-state index >= 15 is 0 Å². The Kier molecular flexibility index (Phi) is 9.55. The third-order valence-corrected chi connectivity index (χ3v) is 6.18. The summed E-state index contributed by atoms with van der Waals surface area (Å²) in [5.41, 5.74) is -0.189. The first-order valence-corrected chi connectivity index (χ1v) is 12.5. The standard InChI is InChI=1S/C27H24B3N3O9/c34-25(31-22-10-4-1-7-19(22)28(37)38)16-13-17(26(35)32-23-11-5-2-8-20(23)29(39)40)15-18(14-16)27(36)33-24-12-6-3-9-21(24)30(41)42/h1-15,37-42H,(H,31,34)(H,32,35)(H,33,36). The molecule has 0 radical (unpaired) electrons. The van der Waals surface area contributed by atoms with Crippen molar-refractivity contribution in [2.75, 3.05) is 16.0 Å². The molecule has 0 spiro atoms. The minimum atomic E-state index is -1.89. The van der Waals surface area contributed by atoms with Crippen LogP contribution in [0, 0.1) is 0 Å². The first-order chi connectivity index (χ1) is 20.0. The minimum Gasteiger partial charge on any atom is -0.423 e. The summed E-state index contributed by atoms with van der Waals surface area (Å²) in [6.07, 6.45) is 0. The van der Waals surface area contributed by atoms with E-state index in [0.29, 0.717) is 0 Å². The fraction of sp³-hybridized carbons (Fsp3) is 0. The van der Waals surface area contributed by atoms with Gasteiger partial charge in [-0.25, -0.2) is 0 Å². The molecule has 0 saturated carbocycles. The predicted molar refractivity (Wildman–Crippen MR) is 159 cm³/mol. The lowest BCUT2D eigenvalue weighted by Gasteiger charge is -2.15. The molecule has 0 saturated heterocycles. The highest BCUT2D eigenvalue weighted by Crippen LogP contribution is 2.17. The van der Waals surface area contributed by atoms with E-state index in [1.165, 1.54) is 54.6 Å². The van der Waals surface area contributed by atoms with E-state index in [1.54, 1.807) is 36.4 Å². The van der Waals surface area contributed by atoms with E-state index in [9.17, 15) is 44.5 Å². The van der Waals surface area contributed by atoms with Crippen LogP contribution in [0.2, 0.25) is 0 Å². The highest BCUT2D eigenvalue weighted by atomic mass is 16.4. The van der Waals surface area contributed by atoms with Crippen LogP contribution in [0.4, 0.5) is 17.1 Å². The number of para-hydroxylation sites is 3. The molecule has 42 heavy (non-hydrogen) atoms.